The van der Waals surface area contributed by atoms with Gasteiger partial charge in [0.05, 0.1) is 0 Å². The minimum absolute atomic E-state index is 0. The van der Waals surface area contributed by atoms with Crippen LogP contribution in [0.2, 0.25) is 0 Å². The van der Waals surface area contributed by atoms with Gasteiger partial charge in [0.2, 0.25) is 0 Å². The molecule has 1 unspecified atom stereocenters. The second-order valence-electron chi connectivity index (χ2n) is 3.02. The zero-order valence-electron chi connectivity index (χ0n) is 7.80. The number of aromatic nitrogens is 2. The minimum Gasteiger partial charge on any atom is -0.387 e. The van der Waals surface area contributed by atoms with E-state index < -0.39 is 0 Å². The van der Waals surface area contributed by atoms with E-state index in [4.69, 9.17) is 5.73 Å². The normalized spacial score (nSPS) is 19.6. The number of carbonyl (C=O) groups is 1. The number of thioether (sulfide) groups is 1. The van der Waals surface area contributed by atoms with Crippen LogP contribution < -0.4 is 11.1 Å². The molecule has 0 spiro atoms. The van der Waals surface area contributed by atoms with E-state index in [-0.39, 0.29) is 30.0 Å². The molecule has 0 aliphatic carbocycles. The second-order valence-corrected chi connectivity index (χ2v) is 4.96. The molecule has 1 aliphatic heterocycles. The first-order chi connectivity index (χ1) is 6.77. The quantitative estimate of drug-likeness (QED) is 0.827. The number of halogens is 1. The van der Waals surface area contributed by atoms with Crippen molar-refractivity contribution >= 4 is 46.6 Å². The third-order valence-electron chi connectivity index (χ3n) is 1.99. The van der Waals surface area contributed by atoms with Gasteiger partial charge in [0.25, 0.3) is 5.91 Å². The molecule has 1 amide bonds. The summed E-state index contributed by atoms with van der Waals surface area (Å²) >= 11 is 2.89. The van der Waals surface area contributed by atoms with Crippen LogP contribution in [0.15, 0.2) is 0 Å². The molecule has 2 heterocycles. The Hall–Kier alpha value is -0.530. The molecule has 8 heteroatoms. The van der Waals surface area contributed by atoms with Gasteiger partial charge in [-0.2, -0.15) is 11.8 Å². The van der Waals surface area contributed by atoms with E-state index in [2.05, 4.69) is 14.9 Å². The van der Waals surface area contributed by atoms with Crippen molar-refractivity contribution in [2.75, 3.05) is 17.2 Å². The fourth-order valence-corrected chi connectivity index (χ4v) is 2.84. The minimum atomic E-state index is -0.205. The maximum absolute atomic E-state index is 11.6. The smallest absolute Gasteiger partial charge is 0.275 e. The molecule has 0 radical (unpaired) electrons. The van der Waals surface area contributed by atoms with Gasteiger partial charge in [-0.15, -0.1) is 17.5 Å². The molecule has 3 N–H and O–H groups in total. The highest BCUT2D eigenvalue weighted by molar-refractivity contribution is 7.99. The number of anilines is 1. The number of rotatable bonds is 2. The highest BCUT2D eigenvalue weighted by atomic mass is 35.5. The van der Waals surface area contributed by atoms with Crippen LogP contribution in [0.5, 0.6) is 0 Å². The van der Waals surface area contributed by atoms with Gasteiger partial charge in [0.15, 0.2) is 5.69 Å². The molecule has 5 nitrogen and oxygen atoms in total. The average molecular weight is 267 g/mol. The number of hydrogen-bond donors (Lipinski definition) is 2. The lowest BCUT2D eigenvalue weighted by Crippen LogP contribution is -2.35. The van der Waals surface area contributed by atoms with Crippen molar-refractivity contribution in [3.63, 3.8) is 0 Å². The second kappa shape index (κ2) is 5.53. The van der Waals surface area contributed by atoms with Crippen molar-refractivity contribution in [3.05, 3.63) is 5.69 Å². The molecule has 0 bridgehead atoms. The summed E-state index contributed by atoms with van der Waals surface area (Å²) in [4.78, 5) is 11.6. The highest BCUT2D eigenvalue weighted by Gasteiger charge is 2.21. The summed E-state index contributed by atoms with van der Waals surface area (Å²) < 4.78 is 3.62. The molecule has 1 fully saturated rings. The van der Waals surface area contributed by atoms with E-state index in [1.807, 2.05) is 11.8 Å². The lowest BCUT2D eigenvalue weighted by Gasteiger charge is -2.09. The Bertz CT molecular complexity index is 339. The third kappa shape index (κ3) is 2.96. The fraction of sp³-hybridized carbons (Fsp3) is 0.571. The van der Waals surface area contributed by atoms with Gasteiger partial charge in [-0.1, -0.05) is 4.49 Å². The number of nitrogens with zero attached hydrogens (tertiary/aromatic N) is 2. The standard InChI is InChI=1S/C7H10N4OS2.ClH/c8-6-5(10-11-14-6)7(12)9-4-1-2-13-3-4;/h4H,1-3,8H2,(H,9,12);1H. The Morgan fingerprint density at radius 1 is 1.60 bits per heavy atom. The number of nitrogens with two attached hydrogens (primary N) is 1. The summed E-state index contributed by atoms with van der Waals surface area (Å²) in [5.41, 5.74) is 5.80. The van der Waals surface area contributed by atoms with Crippen LogP contribution in [0.1, 0.15) is 16.9 Å². The van der Waals surface area contributed by atoms with Crippen LogP contribution in [0.25, 0.3) is 0 Å². The van der Waals surface area contributed by atoms with Gasteiger partial charge in [0, 0.05) is 23.3 Å². The van der Waals surface area contributed by atoms with Crippen LogP contribution in [0.4, 0.5) is 5.00 Å². The summed E-state index contributed by atoms with van der Waals surface area (Å²) in [6.07, 6.45) is 1.02. The lowest BCUT2D eigenvalue weighted by molar-refractivity contribution is 0.0937. The van der Waals surface area contributed by atoms with Gasteiger partial charge in [-0.25, -0.2) is 0 Å². The monoisotopic (exact) mass is 266 g/mol. The first kappa shape index (κ1) is 12.5. The van der Waals surface area contributed by atoms with Crippen LogP contribution in [-0.2, 0) is 0 Å². The van der Waals surface area contributed by atoms with Gasteiger partial charge in [-0.3, -0.25) is 4.79 Å². The summed E-state index contributed by atoms with van der Waals surface area (Å²) in [6, 6.07) is 0.258. The number of nitrogen functional groups attached to an aromatic ring is 1. The largest absolute Gasteiger partial charge is 0.387 e. The molecule has 1 aromatic rings. The van der Waals surface area contributed by atoms with Crippen molar-refractivity contribution in [2.45, 2.75) is 12.5 Å². The summed E-state index contributed by atoms with van der Waals surface area (Å²) in [7, 11) is 0. The van der Waals surface area contributed by atoms with E-state index in [1.165, 1.54) is 0 Å². The Labute approximate surface area is 102 Å². The summed E-state index contributed by atoms with van der Waals surface area (Å²) in [6.45, 7) is 0. The van der Waals surface area contributed by atoms with Gasteiger partial charge >= 0.3 is 0 Å². The predicted molar refractivity (Wildman–Crippen MR) is 64.8 cm³/mol. The van der Waals surface area contributed by atoms with Gasteiger partial charge in [0.1, 0.15) is 5.00 Å². The maximum atomic E-state index is 11.6. The van der Waals surface area contributed by atoms with Crippen molar-refractivity contribution in [3.8, 4) is 0 Å². The van der Waals surface area contributed by atoms with E-state index >= 15 is 0 Å². The average Bonchev–Trinajstić information content (AvgIpc) is 2.75. The SMILES string of the molecule is Cl.Nc1snnc1C(=O)NC1CCSC1. The van der Waals surface area contributed by atoms with Crippen molar-refractivity contribution < 1.29 is 4.79 Å². The van der Waals surface area contributed by atoms with Crippen molar-refractivity contribution in [1.29, 1.82) is 0 Å². The van der Waals surface area contributed by atoms with Crippen LogP contribution in [0, 0.1) is 0 Å². The number of nitrogens with one attached hydrogen (secondary N) is 1. The Balaban J connectivity index is 0.00000112. The number of carbonyl (C=O) groups excluding carboxylic acids is 1. The molecule has 84 valence electrons. The maximum Gasteiger partial charge on any atom is 0.275 e. The molecule has 15 heavy (non-hydrogen) atoms. The topological polar surface area (TPSA) is 80.9 Å². The fourth-order valence-electron chi connectivity index (χ4n) is 1.26. The molecule has 1 atom stereocenters. The molecule has 0 aromatic carbocycles. The Morgan fingerprint density at radius 3 is 2.93 bits per heavy atom. The van der Waals surface area contributed by atoms with Crippen LogP contribution >= 0.6 is 35.7 Å². The molecular weight excluding hydrogens is 256 g/mol. The Morgan fingerprint density at radius 2 is 2.40 bits per heavy atom. The van der Waals surface area contributed by atoms with E-state index in [0.717, 1.165) is 29.5 Å². The molecule has 1 aliphatic rings. The zero-order valence-corrected chi connectivity index (χ0v) is 10.3. The molecule has 1 aromatic heterocycles. The molecule has 2 rings (SSSR count). The summed E-state index contributed by atoms with van der Waals surface area (Å²) in [5, 5.41) is 6.95. The van der Waals surface area contributed by atoms with Crippen LogP contribution in [0.3, 0.4) is 0 Å². The zero-order chi connectivity index (χ0) is 9.97. The Kier molecular flexibility index (Phi) is 4.62. The third-order valence-corrected chi connectivity index (χ3v) is 3.71. The van der Waals surface area contributed by atoms with Gasteiger partial charge < -0.3 is 11.1 Å². The number of amides is 1. The van der Waals surface area contributed by atoms with Crippen molar-refractivity contribution in [1.82, 2.24) is 14.9 Å². The van der Waals surface area contributed by atoms with Crippen molar-refractivity contribution in [2.24, 2.45) is 0 Å². The summed E-state index contributed by atoms with van der Waals surface area (Å²) in [5.74, 6) is 1.88. The number of hydrogen-bond acceptors (Lipinski definition) is 6. The molecule has 0 saturated carbocycles. The van der Waals surface area contributed by atoms with E-state index in [0.29, 0.717) is 5.00 Å². The molecule has 1 saturated heterocycles. The van der Waals surface area contributed by atoms with E-state index in [9.17, 15) is 4.79 Å². The first-order valence-corrected chi connectivity index (χ1v) is 6.16. The van der Waals surface area contributed by atoms with Crippen LogP contribution in [-0.4, -0.2) is 33.0 Å². The lowest BCUT2D eigenvalue weighted by atomic mass is 10.2. The first-order valence-electron chi connectivity index (χ1n) is 4.24. The van der Waals surface area contributed by atoms with Gasteiger partial charge in [-0.05, 0) is 12.2 Å². The predicted octanol–water partition coefficient (Wildman–Crippen LogP) is 0.777. The highest BCUT2D eigenvalue weighted by Crippen LogP contribution is 2.18. The van der Waals surface area contributed by atoms with E-state index in [1.54, 1.807) is 0 Å². The molecular formula is C7H11ClN4OS2.